The van der Waals surface area contributed by atoms with E-state index in [1.807, 2.05) is 0 Å². The standard InChI is InChI=1S/C40H19F8N3/c41-31-29(32(42)34(44)35(45)33(31)43)22-15-7-8-16-23(22)38-30-25(40(46,47)48)19-27-39(28(30)24-17-9-10-18-26(24)49-38)51-37(21-13-5-2-6-14-21)36(50-27)20-11-3-1-4-12-20/h1-19H. The van der Waals surface area contributed by atoms with Gasteiger partial charge in [-0.3, -0.25) is 0 Å². The fourth-order valence-corrected chi connectivity index (χ4v) is 6.42. The van der Waals surface area contributed by atoms with Crippen molar-refractivity contribution in [3.8, 4) is 44.9 Å². The Morgan fingerprint density at radius 3 is 1.53 bits per heavy atom. The predicted octanol–water partition coefficient (Wildman–Crippen LogP) is 11.7. The lowest BCUT2D eigenvalue weighted by molar-refractivity contribution is -0.136. The van der Waals surface area contributed by atoms with Gasteiger partial charge in [0.05, 0.1) is 44.8 Å². The van der Waals surface area contributed by atoms with Gasteiger partial charge in [-0.15, -0.1) is 0 Å². The Labute approximate surface area is 283 Å². The predicted molar refractivity (Wildman–Crippen MR) is 179 cm³/mol. The quantitative estimate of drug-likeness (QED) is 0.0797. The molecule has 6 aromatic carbocycles. The minimum absolute atomic E-state index is 0.0167. The number of hydrogen-bond donors (Lipinski definition) is 0. The SMILES string of the molecule is Fc1c(F)c(F)c(-c2ccccc2-c2nc3ccccc3c3c2c(C(F)(F)F)cc2nc(-c4ccccc4)c(-c4ccccc4)nc23)c(F)c1F. The number of nitrogens with zero attached hydrogens (tertiary/aromatic N) is 3. The van der Waals surface area contributed by atoms with E-state index in [1.165, 1.54) is 24.3 Å². The van der Waals surface area contributed by atoms with E-state index in [0.29, 0.717) is 22.5 Å². The first-order chi connectivity index (χ1) is 24.5. The van der Waals surface area contributed by atoms with E-state index >= 15 is 22.0 Å². The van der Waals surface area contributed by atoms with Gasteiger partial charge < -0.3 is 0 Å². The monoisotopic (exact) mass is 693 g/mol. The van der Waals surface area contributed by atoms with Crippen molar-refractivity contribution in [2.24, 2.45) is 0 Å². The number of rotatable bonds is 4. The van der Waals surface area contributed by atoms with Crippen molar-refractivity contribution in [2.75, 3.05) is 0 Å². The molecule has 8 aromatic rings. The van der Waals surface area contributed by atoms with Crippen LogP contribution in [-0.4, -0.2) is 15.0 Å². The van der Waals surface area contributed by atoms with Crippen molar-refractivity contribution in [3.63, 3.8) is 0 Å². The minimum atomic E-state index is -5.03. The van der Waals surface area contributed by atoms with Crippen LogP contribution in [0.25, 0.3) is 77.6 Å². The first-order valence-corrected chi connectivity index (χ1v) is 15.4. The summed E-state index contributed by atoms with van der Waals surface area (Å²) in [6.07, 6.45) is -5.03. The van der Waals surface area contributed by atoms with Crippen molar-refractivity contribution >= 4 is 32.7 Å². The first kappa shape index (κ1) is 32.0. The number of benzene rings is 6. The van der Waals surface area contributed by atoms with Crippen molar-refractivity contribution in [1.82, 2.24) is 15.0 Å². The Balaban J connectivity index is 1.58. The van der Waals surface area contributed by atoms with Gasteiger partial charge in [0.1, 0.15) is 0 Å². The summed E-state index contributed by atoms with van der Waals surface area (Å²) in [4.78, 5) is 14.3. The molecule has 0 fully saturated rings. The molecule has 0 radical (unpaired) electrons. The smallest absolute Gasteiger partial charge is 0.247 e. The molecule has 2 heterocycles. The summed E-state index contributed by atoms with van der Waals surface area (Å²) in [5.41, 5.74) is -1.66. The molecule has 0 aliphatic carbocycles. The van der Waals surface area contributed by atoms with E-state index in [1.54, 1.807) is 78.9 Å². The average molecular weight is 694 g/mol. The van der Waals surface area contributed by atoms with Crippen molar-refractivity contribution in [3.05, 3.63) is 150 Å². The second-order valence-electron chi connectivity index (χ2n) is 11.7. The van der Waals surface area contributed by atoms with Crippen LogP contribution in [-0.2, 0) is 6.18 Å². The highest BCUT2D eigenvalue weighted by Gasteiger charge is 2.37. The topological polar surface area (TPSA) is 38.7 Å². The molecule has 0 saturated carbocycles. The van der Waals surface area contributed by atoms with Crippen molar-refractivity contribution < 1.29 is 35.1 Å². The van der Waals surface area contributed by atoms with Crippen LogP contribution in [0.2, 0.25) is 0 Å². The summed E-state index contributed by atoms with van der Waals surface area (Å²) >= 11 is 0. The van der Waals surface area contributed by atoms with Crippen LogP contribution >= 0.6 is 0 Å². The Bertz CT molecular complexity index is 2650. The van der Waals surface area contributed by atoms with E-state index in [4.69, 9.17) is 9.97 Å². The summed E-state index contributed by atoms with van der Waals surface area (Å²) in [7, 11) is 0. The van der Waals surface area contributed by atoms with E-state index in [2.05, 4.69) is 4.98 Å². The molecule has 0 amide bonds. The largest absolute Gasteiger partial charge is 0.417 e. The molecule has 11 heteroatoms. The average Bonchev–Trinajstić information content (AvgIpc) is 3.15. The molecule has 0 spiro atoms. The van der Waals surface area contributed by atoms with Crippen molar-refractivity contribution in [2.45, 2.75) is 6.18 Å². The lowest BCUT2D eigenvalue weighted by Gasteiger charge is -2.20. The molecule has 3 nitrogen and oxygen atoms in total. The van der Waals surface area contributed by atoms with Gasteiger partial charge in [-0.1, -0.05) is 103 Å². The number of pyridine rings is 1. The highest BCUT2D eigenvalue weighted by Crippen LogP contribution is 2.47. The summed E-state index contributed by atoms with van der Waals surface area (Å²) in [5, 5.41) is -0.246. The van der Waals surface area contributed by atoms with Gasteiger partial charge in [0.25, 0.3) is 0 Å². The molecule has 2 aromatic heterocycles. The number of para-hydroxylation sites is 1. The molecule has 0 atom stereocenters. The van der Waals surface area contributed by atoms with Crippen LogP contribution < -0.4 is 0 Å². The van der Waals surface area contributed by atoms with Gasteiger partial charge in [0, 0.05) is 32.8 Å². The van der Waals surface area contributed by atoms with Crippen LogP contribution in [0.1, 0.15) is 5.56 Å². The lowest BCUT2D eigenvalue weighted by Crippen LogP contribution is -2.09. The van der Waals surface area contributed by atoms with Crippen LogP contribution in [0.15, 0.2) is 115 Å². The van der Waals surface area contributed by atoms with Gasteiger partial charge >= 0.3 is 6.18 Å². The Morgan fingerprint density at radius 2 is 0.922 bits per heavy atom. The first-order valence-electron chi connectivity index (χ1n) is 15.4. The third-order valence-electron chi connectivity index (χ3n) is 8.66. The Morgan fingerprint density at radius 1 is 0.431 bits per heavy atom. The minimum Gasteiger partial charge on any atom is -0.247 e. The lowest BCUT2D eigenvalue weighted by atomic mass is 9.90. The molecule has 0 aliphatic heterocycles. The Kier molecular flexibility index (Phi) is 7.51. The summed E-state index contributed by atoms with van der Waals surface area (Å²) in [6, 6.07) is 29.9. The zero-order valence-corrected chi connectivity index (χ0v) is 25.8. The van der Waals surface area contributed by atoms with Crippen LogP contribution in [0, 0.1) is 29.1 Å². The molecule has 0 bridgehead atoms. The van der Waals surface area contributed by atoms with Crippen LogP contribution in [0.4, 0.5) is 35.1 Å². The van der Waals surface area contributed by atoms with E-state index in [0.717, 1.165) is 12.1 Å². The second-order valence-corrected chi connectivity index (χ2v) is 11.7. The molecule has 8 rings (SSSR count). The molecule has 250 valence electrons. The number of fused-ring (bicyclic) bond motifs is 5. The molecule has 0 aliphatic rings. The van der Waals surface area contributed by atoms with E-state index in [9.17, 15) is 13.2 Å². The maximum Gasteiger partial charge on any atom is 0.417 e. The van der Waals surface area contributed by atoms with Gasteiger partial charge in [-0.05, 0) is 17.7 Å². The van der Waals surface area contributed by atoms with Crippen LogP contribution in [0.5, 0.6) is 0 Å². The van der Waals surface area contributed by atoms with Gasteiger partial charge in [0.15, 0.2) is 23.3 Å². The van der Waals surface area contributed by atoms with Crippen LogP contribution in [0.3, 0.4) is 0 Å². The fraction of sp³-hybridized carbons (Fsp3) is 0.0250. The fourth-order valence-electron chi connectivity index (χ4n) is 6.42. The zero-order chi connectivity index (χ0) is 35.6. The highest BCUT2D eigenvalue weighted by molar-refractivity contribution is 6.23. The zero-order valence-electron chi connectivity index (χ0n) is 25.8. The molecule has 0 unspecified atom stereocenters. The Hall–Kier alpha value is -6.23. The molecule has 51 heavy (non-hydrogen) atoms. The maximum absolute atomic E-state index is 15.3. The van der Waals surface area contributed by atoms with Gasteiger partial charge in [0.2, 0.25) is 5.82 Å². The molecular weight excluding hydrogens is 674 g/mol. The summed E-state index contributed by atoms with van der Waals surface area (Å²) in [5.74, 6) is -11.0. The second kappa shape index (κ2) is 12.0. The molecular formula is C40H19F8N3. The van der Waals surface area contributed by atoms with E-state index < -0.39 is 63.0 Å². The number of hydrogen-bond acceptors (Lipinski definition) is 3. The summed E-state index contributed by atoms with van der Waals surface area (Å²) < 4.78 is 119. The number of alkyl halides is 3. The third kappa shape index (κ3) is 5.15. The molecule has 0 N–H and O–H groups in total. The van der Waals surface area contributed by atoms with Crippen molar-refractivity contribution in [1.29, 1.82) is 0 Å². The maximum atomic E-state index is 15.3. The van der Waals surface area contributed by atoms with Gasteiger partial charge in [-0.25, -0.2) is 36.9 Å². The molecule has 0 saturated heterocycles. The van der Waals surface area contributed by atoms with E-state index in [-0.39, 0.29) is 32.9 Å². The third-order valence-corrected chi connectivity index (χ3v) is 8.66. The summed E-state index contributed by atoms with van der Waals surface area (Å²) in [6.45, 7) is 0. The normalized spacial score (nSPS) is 11.9. The highest BCUT2D eigenvalue weighted by atomic mass is 19.4. The number of aromatic nitrogens is 3. The number of halogens is 8. The van der Waals surface area contributed by atoms with Gasteiger partial charge in [-0.2, -0.15) is 13.2 Å².